The molecular formula is C16H23F3N2O2. The van der Waals surface area contributed by atoms with Crippen LogP contribution in [0.25, 0.3) is 0 Å². The zero-order valence-electron chi connectivity index (χ0n) is 13.7. The van der Waals surface area contributed by atoms with E-state index in [9.17, 15) is 23.1 Å². The Bertz CT molecular complexity index is 539. The Morgan fingerprint density at radius 2 is 1.87 bits per heavy atom. The molecule has 0 aliphatic carbocycles. The Morgan fingerprint density at radius 1 is 1.30 bits per heavy atom. The molecule has 1 aromatic rings. The molecule has 0 saturated heterocycles. The average Bonchev–Trinajstić information content (AvgIpc) is 2.35. The normalized spacial score (nSPS) is 13.6. The summed E-state index contributed by atoms with van der Waals surface area (Å²) in [6.07, 6.45) is -4.35. The van der Waals surface area contributed by atoms with Gasteiger partial charge in [-0.05, 0) is 38.8 Å². The number of hydrogen-bond acceptors (Lipinski definition) is 2. The SMILES string of the molecule is CC(Cc1ccccc1C(F)(F)F)NC(=O)N(C)CC(C)(C)O. The van der Waals surface area contributed by atoms with Crippen molar-refractivity contribution in [3.05, 3.63) is 35.4 Å². The summed E-state index contributed by atoms with van der Waals surface area (Å²) in [6.45, 7) is 4.90. The third-order valence-corrected chi connectivity index (χ3v) is 3.19. The minimum Gasteiger partial charge on any atom is -0.389 e. The number of urea groups is 1. The molecule has 0 saturated carbocycles. The van der Waals surface area contributed by atoms with E-state index in [1.54, 1.807) is 26.8 Å². The molecule has 1 aromatic carbocycles. The van der Waals surface area contributed by atoms with Gasteiger partial charge in [0.25, 0.3) is 0 Å². The van der Waals surface area contributed by atoms with Crippen LogP contribution in [-0.4, -0.2) is 41.3 Å². The molecule has 1 atom stereocenters. The molecule has 4 nitrogen and oxygen atoms in total. The van der Waals surface area contributed by atoms with Crippen LogP contribution in [0.15, 0.2) is 24.3 Å². The standard InChI is InChI=1S/C16H23F3N2O2/c1-11(20-14(22)21(4)10-15(2,3)23)9-12-7-5-6-8-13(12)16(17,18)19/h5-8,11,23H,9-10H2,1-4H3,(H,20,22). The largest absolute Gasteiger partial charge is 0.416 e. The Kier molecular flexibility index (Phi) is 6.04. The number of aliphatic hydroxyl groups is 1. The van der Waals surface area contributed by atoms with Crippen molar-refractivity contribution in [1.29, 1.82) is 0 Å². The second kappa shape index (κ2) is 7.21. The third kappa shape index (κ3) is 6.48. The number of hydrogen-bond donors (Lipinski definition) is 2. The van der Waals surface area contributed by atoms with Crippen molar-refractivity contribution in [2.75, 3.05) is 13.6 Å². The lowest BCUT2D eigenvalue weighted by atomic mass is 10.0. The molecule has 2 N–H and O–H groups in total. The molecule has 1 rings (SSSR count). The predicted molar refractivity (Wildman–Crippen MR) is 82.1 cm³/mol. The van der Waals surface area contributed by atoms with E-state index >= 15 is 0 Å². The fourth-order valence-corrected chi connectivity index (χ4v) is 2.33. The van der Waals surface area contributed by atoms with Crippen LogP contribution >= 0.6 is 0 Å². The molecule has 130 valence electrons. The lowest BCUT2D eigenvalue weighted by Gasteiger charge is -2.27. The lowest BCUT2D eigenvalue weighted by Crippen LogP contribution is -2.47. The minimum absolute atomic E-state index is 0.0672. The number of likely N-dealkylation sites (N-methyl/N-ethyl adjacent to an activating group) is 1. The van der Waals surface area contributed by atoms with Gasteiger partial charge in [0.05, 0.1) is 17.7 Å². The highest BCUT2D eigenvalue weighted by atomic mass is 19.4. The molecule has 0 fully saturated rings. The summed E-state index contributed by atoms with van der Waals surface area (Å²) in [5, 5.41) is 12.3. The molecule has 0 heterocycles. The van der Waals surface area contributed by atoms with Crippen molar-refractivity contribution in [3.63, 3.8) is 0 Å². The van der Waals surface area contributed by atoms with Gasteiger partial charge in [-0.15, -0.1) is 0 Å². The number of nitrogens with one attached hydrogen (secondary N) is 1. The second-order valence-corrected chi connectivity index (χ2v) is 6.38. The number of amides is 2. The quantitative estimate of drug-likeness (QED) is 0.871. The third-order valence-electron chi connectivity index (χ3n) is 3.19. The van der Waals surface area contributed by atoms with Crippen LogP contribution in [0.1, 0.15) is 31.9 Å². The average molecular weight is 332 g/mol. The van der Waals surface area contributed by atoms with Gasteiger partial charge in [0.1, 0.15) is 0 Å². The maximum Gasteiger partial charge on any atom is 0.416 e. The number of rotatable bonds is 5. The van der Waals surface area contributed by atoms with Crippen molar-refractivity contribution < 1.29 is 23.1 Å². The highest BCUT2D eigenvalue weighted by Gasteiger charge is 2.33. The molecule has 0 aromatic heterocycles. The van der Waals surface area contributed by atoms with Crippen molar-refractivity contribution in [3.8, 4) is 0 Å². The van der Waals surface area contributed by atoms with Crippen LogP contribution < -0.4 is 5.32 Å². The Balaban J connectivity index is 2.71. The van der Waals surface area contributed by atoms with Crippen LogP contribution in [0.4, 0.5) is 18.0 Å². The molecular weight excluding hydrogens is 309 g/mol. The molecule has 23 heavy (non-hydrogen) atoms. The van der Waals surface area contributed by atoms with E-state index in [2.05, 4.69) is 5.32 Å². The van der Waals surface area contributed by atoms with Crippen LogP contribution in [0.3, 0.4) is 0 Å². The van der Waals surface area contributed by atoms with Gasteiger partial charge in [0.2, 0.25) is 0 Å². The summed E-state index contributed by atoms with van der Waals surface area (Å²) in [6, 6.07) is 4.40. The van der Waals surface area contributed by atoms with Crippen molar-refractivity contribution >= 4 is 6.03 Å². The highest BCUT2D eigenvalue weighted by molar-refractivity contribution is 5.74. The monoisotopic (exact) mass is 332 g/mol. The van der Waals surface area contributed by atoms with Gasteiger partial charge in [0, 0.05) is 13.1 Å². The summed E-state index contributed by atoms with van der Waals surface area (Å²) in [5.41, 5.74) is -1.60. The van der Waals surface area contributed by atoms with E-state index < -0.39 is 29.4 Å². The van der Waals surface area contributed by atoms with Gasteiger partial charge in [-0.2, -0.15) is 13.2 Å². The molecule has 0 bridgehead atoms. The zero-order chi connectivity index (χ0) is 17.8. The van der Waals surface area contributed by atoms with E-state index in [-0.39, 0.29) is 18.5 Å². The fourth-order valence-electron chi connectivity index (χ4n) is 2.33. The summed E-state index contributed by atoms with van der Waals surface area (Å²) in [5.74, 6) is 0. The van der Waals surface area contributed by atoms with Crippen LogP contribution in [0, 0.1) is 0 Å². The molecule has 0 aliphatic rings. The molecule has 0 spiro atoms. The first-order chi connectivity index (χ1) is 10.4. The molecule has 0 radical (unpaired) electrons. The van der Waals surface area contributed by atoms with Crippen molar-refractivity contribution in [2.24, 2.45) is 0 Å². The first kappa shape index (κ1) is 19.3. The van der Waals surface area contributed by atoms with Gasteiger partial charge in [-0.1, -0.05) is 18.2 Å². The summed E-state index contributed by atoms with van der Waals surface area (Å²) >= 11 is 0. The molecule has 1 unspecified atom stereocenters. The Labute approximate surface area is 134 Å². The van der Waals surface area contributed by atoms with Gasteiger partial charge in [0.15, 0.2) is 0 Å². The summed E-state index contributed by atoms with van der Waals surface area (Å²) in [4.78, 5) is 13.3. The van der Waals surface area contributed by atoms with Gasteiger partial charge in [-0.25, -0.2) is 4.79 Å². The zero-order valence-corrected chi connectivity index (χ0v) is 13.7. The maximum atomic E-state index is 13.0. The number of alkyl halides is 3. The molecule has 2 amide bonds. The maximum absolute atomic E-state index is 13.0. The van der Waals surface area contributed by atoms with Gasteiger partial charge >= 0.3 is 12.2 Å². The molecule has 0 aliphatic heterocycles. The van der Waals surface area contributed by atoms with E-state index in [1.165, 1.54) is 24.1 Å². The summed E-state index contributed by atoms with van der Waals surface area (Å²) in [7, 11) is 1.52. The first-order valence-corrected chi connectivity index (χ1v) is 7.29. The van der Waals surface area contributed by atoms with E-state index in [0.29, 0.717) is 0 Å². The Hall–Kier alpha value is -1.76. The van der Waals surface area contributed by atoms with Crippen molar-refractivity contribution in [1.82, 2.24) is 10.2 Å². The minimum atomic E-state index is -4.42. The van der Waals surface area contributed by atoms with Gasteiger partial charge < -0.3 is 15.3 Å². The predicted octanol–water partition coefficient (Wildman–Crippen LogP) is 3.05. The van der Waals surface area contributed by atoms with E-state index in [4.69, 9.17) is 0 Å². The van der Waals surface area contributed by atoms with E-state index in [1.807, 2.05) is 0 Å². The highest BCUT2D eigenvalue weighted by Crippen LogP contribution is 2.32. The van der Waals surface area contributed by atoms with E-state index in [0.717, 1.165) is 6.07 Å². The number of nitrogens with zero attached hydrogens (tertiary/aromatic N) is 1. The van der Waals surface area contributed by atoms with Crippen LogP contribution in [0.2, 0.25) is 0 Å². The van der Waals surface area contributed by atoms with Crippen molar-refractivity contribution in [2.45, 2.75) is 45.0 Å². The molecule has 7 heteroatoms. The number of halogens is 3. The second-order valence-electron chi connectivity index (χ2n) is 6.38. The first-order valence-electron chi connectivity index (χ1n) is 7.29. The van der Waals surface area contributed by atoms with Crippen LogP contribution in [0.5, 0.6) is 0 Å². The van der Waals surface area contributed by atoms with Gasteiger partial charge in [-0.3, -0.25) is 0 Å². The lowest BCUT2D eigenvalue weighted by molar-refractivity contribution is -0.138. The topological polar surface area (TPSA) is 52.6 Å². The number of carbonyl (C=O) groups is 1. The number of benzene rings is 1. The fraction of sp³-hybridized carbons (Fsp3) is 0.562. The summed E-state index contributed by atoms with van der Waals surface area (Å²) < 4.78 is 38.9. The number of carbonyl (C=O) groups excluding carboxylic acids is 1. The Morgan fingerprint density at radius 3 is 2.39 bits per heavy atom. The smallest absolute Gasteiger partial charge is 0.389 e. The van der Waals surface area contributed by atoms with Crippen LogP contribution in [-0.2, 0) is 12.6 Å².